The van der Waals surface area contributed by atoms with E-state index in [1.54, 1.807) is 60.5 Å². The van der Waals surface area contributed by atoms with Crippen LogP contribution in [-0.2, 0) is 18.4 Å². The van der Waals surface area contributed by atoms with Gasteiger partial charge in [0.2, 0.25) is 5.91 Å². The Morgan fingerprint density at radius 3 is 2.39 bits per heavy atom. The van der Waals surface area contributed by atoms with Crippen molar-refractivity contribution in [2.75, 3.05) is 69.3 Å². The number of anilines is 2. The van der Waals surface area contributed by atoms with E-state index in [1.807, 2.05) is 16.7 Å². The molecule has 4 aliphatic rings. The molecular weight excluding hydrogens is 874 g/mol. The quantitative estimate of drug-likeness (QED) is 0.135. The number of aryl methyl sites for hydroxylation is 1. The van der Waals surface area contributed by atoms with Gasteiger partial charge in [-0.05, 0) is 60.9 Å². The highest BCUT2D eigenvalue weighted by molar-refractivity contribution is 6.21. The highest BCUT2D eigenvalue weighted by atomic mass is 19.3. The molecule has 3 fully saturated rings. The zero-order valence-electron chi connectivity index (χ0n) is 37.0. The number of piperazine rings is 1. The van der Waals surface area contributed by atoms with Gasteiger partial charge >= 0.3 is 6.03 Å². The van der Waals surface area contributed by atoms with Crippen molar-refractivity contribution < 1.29 is 46.6 Å². The molecule has 348 valence electrons. The number of amides is 5. The van der Waals surface area contributed by atoms with E-state index in [0.717, 1.165) is 10.5 Å². The van der Waals surface area contributed by atoms with Gasteiger partial charge in [0.1, 0.15) is 11.6 Å². The Balaban J connectivity index is 0.793. The number of alkyl halides is 2. The third-order valence-electron chi connectivity index (χ3n) is 12.7. The number of urea groups is 1. The minimum absolute atomic E-state index is 0.0676. The van der Waals surface area contributed by atoms with Crippen LogP contribution in [0.4, 0.5) is 29.6 Å². The molecule has 0 aliphatic carbocycles. The van der Waals surface area contributed by atoms with Gasteiger partial charge in [-0.15, -0.1) is 0 Å². The highest BCUT2D eigenvalue weighted by Crippen LogP contribution is 2.39. The van der Waals surface area contributed by atoms with Gasteiger partial charge in [0.15, 0.2) is 28.9 Å². The minimum atomic E-state index is -3.00. The number of nitriles is 1. The van der Waals surface area contributed by atoms with Gasteiger partial charge in [0.05, 0.1) is 61.5 Å². The van der Waals surface area contributed by atoms with Gasteiger partial charge in [-0.3, -0.25) is 44.0 Å². The van der Waals surface area contributed by atoms with Gasteiger partial charge in [0.25, 0.3) is 17.7 Å². The SMILES string of the molecule is CCOc1cc([C@@H](CC#N)N2C(=O)c3cnc(N4CCN([C@@H]5CCN(Cc6ccc(Oc7cc8c(cc7F)c(N7CCC(=O)NC7=O)nn8C)cc6)CC5(F)F)CC4)cc3C2=O)ccc1OC. The molecule has 2 atom stereocenters. The predicted octanol–water partition coefficient (Wildman–Crippen LogP) is 6.04. The van der Waals surface area contributed by atoms with Crippen LogP contribution in [0, 0.1) is 17.1 Å². The van der Waals surface area contributed by atoms with E-state index in [9.17, 15) is 24.4 Å². The number of halogens is 3. The number of nitrogens with zero attached hydrogens (tertiary/aromatic N) is 9. The standard InChI is InChI=1S/C47H47F3N10O7/c1-4-66-39-21-29(7-10-37(39)65-3)35(11-14-51)60-44(62)31-23-41(52-25-33(31)45(60)63)58-19-17-57(18-20-58)40-12-15-56(27-47(40,49)50)26-28-5-8-30(9-6-28)67-38-24-36-32(22-34(38)48)43(54-55(36)2)59-16-13-42(61)53-46(59)64/h5-10,21-25,35,40H,4,11-13,15-20,26-27H2,1-3H3,(H,53,61,64)/t35-,40-/m1/s1. The average molecular weight is 921 g/mol. The summed E-state index contributed by atoms with van der Waals surface area (Å²) in [6.45, 7) is 4.03. The van der Waals surface area contributed by atoms with Crippen LogP contribution in [-0.4, -0.2) is 125 Å². The monoisotopic (exact) mass is 920 g/mol. The van der Waals surface area contributed by atoms with Crippen LogP contribution in [0.25, 0.3) is 10.9 Å². The normalized spacial score (nSPS) is 19.4. The lowest BCUT2D eigenvalue weighted by atomic mass is 9.97. The number of nitrogens with one attached hydrogen (secondary N) is 1. The summed E-state index contributed by atoms with van der Waals surface area (Å²) in [7, 11) is 3.16. The summed E-state index contributed by atoms with van der Waals surface area (Å²) in [6.07, 6.45) is 1.57. The second kappa shape index (κ2) is 18.2. The summed E-state index contributed by atoms with van der Waals surface area (Å²) in [4.78, 5) is 64.0. The Morgan fingerprint density at radius 2 is 1.69 bits per heavy atom. The Hall–Kier alpha value is -7.24. The molecule has 9 rings (SSSR count). The maximum absolute atomic E-state index is 15.9. The summed E-state index contributed by atoms with van der Waals surface area (Å²) < 4.78 is 65.8. The van der Waals surface area contributed by atoms with Crippen molar-refractivity contribution in [3.63, 3.8) is 0 Å². The zero-order valence-corrected chi connectivity index (χ0v) is 37.0. The number of ether oxygens (including phenoxy) is 3. The van der Waals surface area contributed by atoms with E-state index >= 15 is 13.2 Å². The number of piperidine rings is 1. The molecule has 5 amide bonds. The first-order valence-corrected chi connectivity index (χ1v) is 22.0. The Morgan fingerprint density at radius 1 is 0.925 bits per heavy atom. The molecule has 0 saturated carbocycles. The fourth-order valence-corrected chi connectivity index (χ4v) is 9.39. The smallest absolute Gasteiger partial charge is 0.329 e. The fourth-order valence-electron chi connectivity index (χ4n) is 9.39. The van der Waals surface area contributed by atoms with Gasteiger partial charge < -0.3 is 19.1 Å². The van der Waals surface area contributed by atoms with Crippen molar-refractivity contribution in [2.24, 2.45) is 7.05 Å². The first kappa shape index (κ1) is 44.9. The van der Waals surface area contributed by atoms with Crippen molar-refractivity contribution in [3.8, 4) is 29.1 Å². The van der Waals surface area contributed by atoms with Crippen molar-refractivity contribution >= 4 is 46.3 Å². The number of hydrogen-bond donors (Lipinski definition) is 1. The van der Waals surface area contributed by atoms with E-state index in [1.165, 1.54) is 35.0 Å². The van der Waals surface area contributed by atoms with Crippen molar-refractivity contribution in [1.29, 1.82) is 5.26 Å². The number of fused-ring (bicyclic) bond motifs is 2. The summed E-state index contributed by atoms with van der Waals surface area (Å²) in [6, 6.07) is 15.7. The molecule has 3 saturated heterocycles. The first-order valence-electron chi connectivity index (χ1n) is 22.0. The summed E-state index contributed by atoms with van der Waals surface area (Å²) in [5.74, 6) is -3.35. The largest absolute Gasteiger partial charge is 0.493 e. The second-order valence-corrected chi connectivity index (χ2v) is 16.8. The lowest BCUT2D eigenvalue weighted by molar-refractivity contribution is -0.129. The molecule has 0 bridgehead atoms. The van der Waals surface area contributed by atoms with Crippen LogP contribution in [0.5, 0.6) is 23.0 Å². The number of imide groups is 2. The number of carbonyl (C=O) groups excluding carboxylic acids is 4. The topological polar surface area (TPSA) is 179 Å². The number of carbonyl (C=O) groups is 4. The maximum atomic E-state index is 15.9. The number of rotatable bonds is 13. The van der Waals surface area contributed by atoms with Crippen molar-refractivity contribution in [3.05, 3.63) is 94.9 Å². The number of benzene rings is 3. The molecule has 0 unspecified atom stereocenters. The maximum Gasteiger partial charge on any atom is 0.329 e. The zero-order chi connectivity index (χ0) is 47.1. The number of likely N-dealkylation sites (tertiary alicyclic amines) is 1. The minimum Gasteiger partial charge on any atom is -0.493 e. The molecule has 17 nitrogen and oxygen atoms in total. The number of aromatic nitrogens is 3. The van der Waals surface area contributed by atoms with Crippen LogP contribution in [0.2, 0.25) is 0 Å². The molecule has 3 aromatic carbocycles. The molecule has 67 heavy (non-hydrogen) atoms. The molecular formula is C47H47F3N10O7. The van der Waals surface area contributed by atoms with Gasteiger partial charge in [-0.25, -0.2) is 22.9 Å². The third kappa shape index (κ3) is 8.67. The molecule has 0 spiro atoms. The Labute approximate surface area is 383 Å². The van der Waals surface area contributed by atoms with E-state index in [-0.39, 0.29) is 55.0 Å². The summed E-state index contributed by atoms with van der Waals surface area (Å²) in [5, 5.41) is 16.7. The number of methoxy groups -OCH3 is 1. The molecule has 6 heterocycles. The van der Waals surface area contributed by atoms with E-state index in [2.05, 4.69) is 21.5 Å². The number of pyridine rings is 1. The van der Waals surface area contributed by atoms with Crippen LogP contribution in [0.1, 0.15) is 64.1 Å². The van der Waals surface area contributed by atoms with E-state index < -0.39 is 54.1 Å². The lowest BCUT2D eigenvalue weighted by Gasteiger charge is -2.46. The van der Waals surface area contributed by atoms with Crippen LogP contribution in [0.15, 0.2) is 66.9 Å². The molecule has 4 aliphatic heterocycles. The van der Waals surface area contributed by atoms with E-state index in [4.69, 9.17) is 14.2 Å². The van der Waals surface area contributed by atoms with Crippen molar-refractivity contribution in [1.82, 2.24) is 34.8 Å². The summed E-state index contributed by atoms with van der Waals surface area (Å²) >= 11 is 0. The predicted molar refractivity (Wildman–Crippen MR) is 237 cm³/mol. The fraction of sp³-hybridized carbons (Fsp3) is 0.383. The van der Waals surface area contributed by atoms with Gasteiger partial charge in [-0.2, -0.15) is 10.4 Å². The average Bonchev–Trinajstić information content (AvgIpc) is 3.75. The van der Waals surface area contributed by atoms with Crippen LogP contribution < -0.4 is 29.3 Å². The molecule has 5 aromatic rings. The Bertz CT molecular complexity index is 2810. The van der Waals surface area contributed by atoms with Crippen LogP contribution in [0.3, 0.4) is 0 Å². The van der Waals surface area contributed by atoms with Gasteiger partial charge in [-0.1, -0.05) is 18.2 Å². The first-order chi connectivity index (χ1) is 32.3. The molecule has 1 N–H and O–H groups in total. The molecule has 2 aromatic heterocycles. The second-order valence-electron chi connectivity index (χ2n) is 16.8. The van der Waals surface area contributed by atoms with Crippen molar-refractivity contribution in [2.45, 2.75) is 50.7 Å². The van der Waals surface area contributed by atoms with E-state index in [0.29, 0.717) is 78.9 Å². The number of hydrogen-bond acceptors (Lipinski definition) is 13. The Kier molecular flexibility index (Phi) is 12.2. The molecule has 0 radical (unpaired) electrons. The molecule has 20 heteroatoms. The van der Waals surface area contributed by atoms with Crippen LogP contribution >= 0.6 is 0 Å². The highest BCUT2D eigenvalue weighted by Gasteiger charge is 2.48. The lowest BCUT2D eigenvalue weighted by Crippen LogP contribution is -2.61. The van der Waals surface area contributed by atoms with Gasteiger partial charge in [0, 0.05) is 76.9 Å². The summed E-state index contributed by atoms with van der Waals surface area (Å²) in [5.41, 5.74) is 2.11. The third-order valence-corrected chi connectivity index (χ3v) is 12.7.